The summed E-state index contributed by atoms with van der Waals surface area (Å²) in [6.45, 7) is 15.3. The van der Waals surface area contributed by atoms with Crippen LogP contribution in [0.2, 0.25) is 32.7 Å². The van der Waals surface area contributed by atoms with E-state index in [4.69, 9.17) is 4.12 Å². The average molecular weight is 319 g/mol. The third-order valence-electron chi connectivity index (χ3n) is 3.51. The molecule has 0 fully saturated rings. The predicted molar refractivity (Wildman–Crippen MR) is 97.1 cm³/mol. The molecular formula is C16H40NOSi2+. The number of quaternary nitrogens is 1. The van der Waals surface area contributed by atoms with E-state index < -0.39 is 16.6 Å². The first-order valence-corrected chi connectivity index (χ1v) is 15.0. The Morgan fingerprint density at radius 3 is 1.80 bits per heavy atom. The van der Waals surface area contributed by atoms with E-state index in [-0.39, 0.29) is 0 Å². The molecule has 0 aromatic carbocycles. The zero-order valence-electron chi connectivity index (χ0n) is 15.5. The minimum absolute atomic E-state index is 1.14. The molecule has 0 aromatic rings. The van der Waals surface area contributed by atoms with Gasteiger partial charge in [0.1, 0.15) is 0 Å². The van der Waals surface area contributed by atoms with Gasteiger partial charge in [0.15, 0.2) is 8.32 Å². The van der Waals surface area contributed by atoms with Gasteiger partial charge in [-0.2, -0.15) is 0 Å². The monoisotopic (exact) mass is 318 g/mol. The Bertz CT molecular complexity index is 260. The summed E-state index contributed by atoms with van der Waals surface area (Å²) in [4.78, 5) is 0. The Balaban J connectivity index is 4.04. The van der Waals surface area contributed by atoms with Crippen LogP contribution >= 0.6 is 0 Å². The van der Waals surface area contributed by atoms with E-state index in [0.717, 1.165) is 4.48 Å². The summed E-state index contributed by atoms with van der Waals surface area (Å²) < 4.78 is 7.62. The van der Waals surface area contributed by atoms with Crippen molar-refractivity contribution in [2.45, 2.75) is 78.2 Å². The van der Waals surface area contributed by atoms with E-state index in [1.165, 1.54) is 51.2 Å². The molecular weight excluding hydrogens is 278 g/mol. The van der Waals surface area contributed by atoms with Crippen LogP contribution in [0, 0.1) is 0 Å². The van der Waals surface area contributed by atoms with Crippen molar-refractivity contribution in [2.24, 2.45) is 0 Å². The highest BCUT2D eigenvalue weighted by atomic mass is 28.4. The van der Waals surface area contributed by atoms with Gasteiger partial charge in [-0.05, 0) is 45.6 Å². The number of unbranched alkanes of at least 4 members (excludes halogenated alkanes) is 5. The van der Waals surface area contributed by atoms with E-state index in [9.17, 15) is 0 Å². The second-order valence-electron chi connectivity index (χ2n) is 8.56. The number of hydrogen-bond donors (Lipinski definition) is 0. The minimum atomic E-state index is -1.52. The van der Waals surface area contributed by atoms with E-state index in [1.807, 2.05) is 0 Å². The number of nitrogens with zero attached hydrogens (tertiary/aromatic N) is 1. The van der Waals surface area contributed by atoms with E-state index in [2.05, 4.69) is 53.8 Å². The molecule has 0 aliphatic heterocycles. The molecule has 2 nitrogen and oxygen atoms in total. The lowest BCUT2D eigenvalue weighted by Gasteiger charge is -2.39. The van der Waals surface area contributed by atoms with Gasteiger partial charge in [-0.25, -0.2) is 0 Å². The maximum absolute atomic E-state index is 6.48. The van der Waals surface area contributed by atoms with Crippen LogP contribution < -0.4 is 0 Å². The van der Waals surface area contributed by atoms with Gasteiger partial charge in [-0.1, -0.05) is 32.6 Å². The molecule has 0 aliphatic carbocycles. The van der Waals surface area contributed by atoms with Crippen molar-refractivity contribution in [1.29, 1.82) is 0 Å². The van der Waals surface area contributed by atoms with E-state index >= 15 is 0 Å². The van der Waals surface area contributed by atoms with Crippen LogP contribution in [0.3, 0.4) is 0 Å². The highest BCUT2D eigenvalue weighted by Gasteiger charge is 2.36. The van der Waals surface area contributed by atoms with Gasteiger partial charge in [0.05, 0.1) is 26.8 Å². The summed E-state index contributed by atoms with van der Waals surface area (Å²) in [5, 5.41) is 0. The molecule has 0 saturated carbocycles. The van der Waals surface area contributed by atoms with Crippen molar-refractivity contribution in [1.82, 2.24) is 0 Å². The van der Waals surface area contributed by atoms with Crippen LogP contribution in [0.25, 0.3) is 0 Å². The first-order chi connectivity index (χ1) is 8.97. The summed E-state index contributed by atoms with van der Waals surface area (Å²) in [5.74, 6) is 0. The standard InChI is InChI=1S/C16H40NOSi2/c1-9-10-11-12-13-14-15-17(2,3)16-20(7,8)18-19(4,5)6/h9-16H2,1-8H3/q+1. The second kappa shape index (κ2) is 8.71. The SMILES string of the molecule is CCCCCCCC[N+](C)(C)C[Si](C)(C)O[Si](C)(C)C. The molecule has 0 radical (unpaired) electrons. The Hall–Kier alpha value is 0.354. The zero-order chi connectivity index (χ0) is 15.9. The largest absolute Gasteiger partial charge is 0.452 e. The Kier molecular flexibility index (Phi) is 8.87. The summed E-state index contributed by atoms with van der Waals surface area (Å²) >= 11 is 0. The molecule has 0 aliphatic rings. The maximum atomic E-state index is 6.48. The molecule has 0 rings (SSSR count). The van der Waals surface area contributed by atoms with Crippen molar-refractivity contribution in [3.05, 3.63) is 0 Å². The van der Waals surface area contributed by atoms with Crippen LogP contribution in [-0.2, 0) is 4.12 Å². The topological polar surface area (TPSA) is 9.23 Å². The van der Waals surface area contributed by atoms with Crippen LogP contribution in [0.1, 0.15) is 45.4 Å². The lowest BCUT2D eigenvalue weighted by molar-refractivity contribution is -0.881. The molecule has 0 amide bonds. The van der Waals surface area contributed by atoms with Crippen molar-refractivity contribution >= 4 is 16.6 Å². The molecule has 4 heteroatoms. The minimum Gasteiger partial charge on any atom is -0.452 e. The number of hydrogen-bond acceptors (Lipinski definition) is 1. The first-order valence-electron chi connectivity index (χ1n) is 8.50. The third-order valence-corrected chi connectivity index (χ3v) is 9.79. The van der Waals surface area contributed by atoms with Gasteiger partial charge in [-0.15, -0.1) is 0 Å². The smallest absolute Gasteiger partial charge is 0.234 e. The van der Waals surface area contributed by atoms with E-state index in [0.29, 0.717) is 0 Å². The number of rotatable bonds is 11. The third kappa shape index (κ3) is 12.1. The van der Waals surface area contributed by atoms with Crippen LogP contribution in [-0.4, -0.2) is 47.9 Å². The lowest BCUT2D eigenvalue weighted by atomic mass is 10.1. The molecule has 0 heterocycles. The fourth-order valence-corrected chi connectivity index (χ4v) is 12.4. The summed E-state index contributed by atoms with van der Waals surface area (Å²) in [6, 6.07) is 0. The highest BCUT2D eigenvalue weighted by molar-refractivity contribution is 6.84. The van der Waals surface area contributed by atoms with Gasteiger partial charge >= 0.3 is 0 Å². The van der Waals surface area contributed by atoms with Gasteiger partial charge in [0.2, 0.25) is 8.32 Å². The van der Waals surface area contributed by atoms with Gasteiger partial charge in [0, 0.05) is 0 Å². The molecule has 0 unspecified atom stereocenters. The first kappa shape index (κ1) is 20.4. The van der Waals surface area contributed by atoms with Gasteiger partial charge < -0.3 is 8.60 Å². The molecule has 0 bridgehead atoms. The Labute approximate surface area is 130 Å². The van der Waals surface area contributed by atoms with Gasteiger partial charge in [-0.3, -0.25) is 0 Å². The summed E-state index contributed by atoms with van der Waals surface area (Å²) in [7, 11) is 1.85. The summed E-state index contributed by atoms with van der Waals surface area (Å²) in [5.41, 5.74) is 0. The van der Waals surface area contributed by atoms with Crippen molar-refractivity contribution < 1.29 is 8.60 Å². The van der Waals surface area contributed by atoms with Gasteiger partial charge in [0.25, 0.3) is 0 Å². The predicted octanol–water partition coefficient (Wildman–Crippen LogP) is 5.02. The van der Waals surface area contributed by atoms with Crippen LogP contribution in [0.5, 0.6) is 0 Å². The Morgan fingerprint density at radius 2 is 1.30 bits per heavy atom. The highest BCUT2D eigenvalue weighted by Crippen LogP contribution is 2.18. The van der Waals surface area contributed by atoms with E-state index in [1.54, 1.807) is 0 Å². The fraction of sp³-hybridized carbons (Fsp3) is 1.00. The molecule has 0 spiro atoms. The van der Waals surface area contributed by atoms with Crippen molar-refractivity contribution in [3.8, 4) is 0 Å². The molecule has 0 atom stereocenters. The molecule has 20 heavy (non-hydrogen) atoms. The molecule has 122 valence electrons. The lowest BCUT2D eigenvalue weighted by Crippen LogP contribution is -2.56. The Morgan fingerprint density at radius 1 is 0.800 bits per heavy atom. The van der Waals surface area contributed by atoms with Crippen molar-refractivity contribution in [2.75, 3.05) is 26.8 Å². The molecule has 0 N–H and O–H groups in total. The molecule has 0 aromatic heterocycles. The normalized spacial score (nSPS) is 13.8. The van der Waals surface area contributed by atoms with Crippen LogP contribution in [0.15, 0.2) is 0 Å². The summed E-state index contributed by atoms with van der Waals surface area (Å²) in [6.07, 6.45) is 9.60. The quantitative estimate of drug-likeness (QED) is 0.295. The fourth-order valence-electron chi connectivity index (χ4n) is 3.29. The second-order valence-corrected chi connectivity index (χ2v) is 17.4. The van der Waals surface area contributed by atoms with Crippen molar-refractivity contribution in [3.63, 3.8) is 0 Å². The van der Waals surface area contributed by atoms with Crippen LogP contribution in [0.4, 0.5) is 0 Å². The zero-order valence-corrected chi connectivity index (χ0v) is 17.5. The molecule has 0 saturated heterocycles. The maximum Gasteiger partial charge on any atom is 0.234 e. The average Bonchev–Trinajstić information content (AvgIpc) is 2.17.